The van der Waals surface area contributed by atoms with Gasteiger partial charge in [-0.05, 0) is 42.8 Å². The van der Waals surface area contributed by atoms with Crippen LogP contribution in [0.5, 0.6) is 0 Å². The van der Waals surface area contributed by atoms with Gasteiger partial charge in [0.05, 0.1) is 11.3 Å². The molecule has 6 nitrogen and oxygen atoms in total. The summed E-state index contributed by atoms with van der Waals surface area (Å²) in [5.41, 5.74) is 1.91. The molecule has 0 spiro atoms. The van der Waals surface area contributed by atoms with Crippen LogP contribution in [0.1, 0.15) is 47.2 Å². The maximum atomic E-state index is 11.3. The molecule has 0 radical (unpaired) electrons. The van der Waals surface area contributed by atoms with Gasteiger partial charge in [0.1, 0.15) is 23.6 Å². The summed E-state index contributed by atoms with van der Waals surface area (Å²) >= 11 is 1.79. The van der Waals surface area contributed by atoms with E-state index in [9.17, 15) is 9.90 Å². The Morgan fingerprint density at radius 1 is 1.23 bits per heavy atom. The van der Waals surface area contributed by atoms with Crippen LogP contribution in [0, 0.1) is 0 Å². The zero-order valence-corrected chi connectivity index (χ0v) is 17.2. The number of nitrogens with zero attached hydrogens (tertiary/aromatic N) is 3. The van der Waals surface area contributed by atoms with Crippen molar-refractivity contribution in [3.05, 3.63) is 77.8 Å². The molecule has 1 aromatic carbocycles. The van der Waals surface area contributed by atoms with E-state index in [1.54, 1.807) is 36.2 Å². The fraction of sp³-hybridized carbons (Fsp3) is 0.261. The Hall–Kier alpha value is -3.06. The number of aliphatic imine (C=N–C) groups is 1. The lowest BCUT2D eigenvalue weighted by atomic mass is 10.0. The van der Waals surface area contributed by atoms with Crippen LogP contribution < -0.4 is 0 Å². The van der Waals surface area contributed by atoms with Gasteiger partial charge < -0.3 is 14.4 Å². The van der Waals surface area contributed by atoms with Gasteiger partial charge in [-0.25, -0.2) is 9.79 Å². The van der Waals surface area contributed by atoms with Crippen LogP contribution in [0.3, 0.4) is 0 Å². The molecule has 5 rings (SSSR count). The van der Waals surface area contributed by atoms with Crippen molar-refractivity contribution in [3.63, 3.8) is 0 Å². The molecule has 0 unspecified atom stereocenters. The molecule has 2 aliphatic rings. The number of hydrogen-bond donors (Lipinski definition) is 1. The summed E-state index contributed by atoms with van der Waals surface area (Å²) in [6, 6.07) is 16.8. The number of carboxylic acids is 1. The number of aromatic nitrogens is 1. The molecule has 1 N–H and O–H groups in total. The number of hydrogen-bond acceptors (Lipinski definition) is 6. The van der Waals surface area contributed by atoms with Crippen molar-refractivity contribution in [1.29, 1.82) is 0 Å². The highest BCUT2D eigenvalue weighted by molar-refractivity contribution is 8.14. The van der Waals surface area contributed by atoms with Crippen LogP contribution in [0.15, 0.2) is 70.2 Å². The highest BCUT2D eigenvalue weighted by atomic mass is 32.2. The SMILES string of the molecule is CC[C@@H]1CSC2=N[C@H](c3ccccn3)[C@@H](c3ccc(-c4cccc(C(=O)O)c4)o3)N21. The molecule has 3 aromatic rings. The quantitative estimate of drug-likeness (QED) is 0.626. The predicted octanol–water partition coefficient (Wildman–Crippen LogP) is 5.02. The fourth-order valence-electron chi connectivity index (χ4n) is 4.13. The molecule has 152 valence electrons. The van der Waals surface area contributed by atoms with Crippen LogP contribution in [-0.2, 0) is 0 Å². The molecule has 2 aromatic heterocycles. The minimum Gasteiger partial charge on any atom is -0.478 e. The molecule has 0 saturated carbocycles. The predicted molar refractivity (Wildman–Crippen MR) is 117 cm³/mol. The van der Waals surface area contributed by atoms with Crippen LogP contribution in [0.25, 0.3) is 11.3 Å². The first-order valence-corrected chi connectivity index (χ1v) is 11.0. The summed E-state index contributed by atoms with van der Waals surface area (Å²) in [5, 5.41) is 10.3. The van der Waals surface area contributed by atoms with Gasteiger partial charge in [0.25, 0.3) is 0 Å². The van der Waals surface area contributed by atoms with Gasteiger partial charge in [-0.2, -0.15) is 0 Å². The molecular weight excluding hydrogens is 398 g/mol. The summed E-state index contributed by atoms with van der Waals surface area (Å²) in [4.78, 5) is 23.3. The third-order valence-electron chi connectivity index (χ3n) is 5.64. The molecule has 4 heterocycles. The number of aromatic carboxylic acids is 1. The molecule has 7 heteroatoms. The van der Waals surface area contributed by atoms with Crippen LogP contribution in [-0.4, -0.2) is 37.9 Å². The largest absolute Gasteiger partial charge is 0.478 e. The van der Waals surface area contributed by atoms with Crippen molar-refractivity contribution in [1.82, 2.24) is 9.88 Å². The molecule has 1 fully saturated rings. The zero-order valence-electron chi connectivity index (χ0n) is 16.4. The van der Waals surface area contributed by atoms with Gasteiger partial charge >= 0.3 is 5.97 Å². The summed E-state index contributed by atoms with van der Waals surface area (Å²) < 4.78 is 6.30. The molecule has 0 aliphatic carbocycles. The Morgan fingerprint density at radius 2 is 2.13 bits per heavy atom. The minimum absolute atomic E-state index is 0.0637. The molecular formula is C23H21N3O3S. The number of benzene rings is 1. The Balaban J connectivity index is 1.54. The summed E-state index contributed by atoms with van der Waals surface area (Å²) in [5.74, 6) is 1.55. The van der Waals surface area contributed by atoms with E-state index in [4.69, 9.17) is 9.41 Å². The van der Waals surface area contributed by atoms with Crippen molar-refractivity contribution in [2.75, 3.05) is 5.75 Å². The summed E-state index contributed by atoms with van der Waals surface area (Å²) in [6.45, 7) is 2.20. The van der Waals surface area contributed by atoms with Gasteiger partial charge in [-0.15, -0.1) is 0 Å². The van der Waals surface area contributed by atoms with Gasteiger partial charge in [0.15, 0.2) is 5.17 Å². The summed E-state index contributed by atoms with van der Waals surface area (Å²) in [7, 11) is 0. The van der Waals surface area contributed by atoms with Gasteiger partial charge in [-0.3, -0.25) is 4.98 Å². The lowest BCUT2D eigenvalue weighted by Crippen LogP contribution is -2.35. The lowest BCUT2D eigenvalue weighted by Gasteiger charge is -2.30. The number of furan rings is 1. The first kappa shape index (κ1) is 18.9. The number of carbonyl (C=O) groups is 1. The second kappa shape index (κ2) is 7.65. The summed E-state index contributed by atoms with van der Waals surface area (Å²) in [6.07, 6.45) is 2.83. The van der Waals surface area contributed by atoms with Gasteiger partial charge in [0.2, 0.25) is 0 Å². The molecule has 3 atom stereocenters. The van der Waals surface area contributed by atoms with E-state index >= 15 is 0 Å². The number of amidine groups is 1. The molecule has 0 bridgehead atoms. The number of rotatable bonds is 5. The van der Waals surface area contributed by atoms with E-state index in [0.29, 0.717) is 11.8 Å². The number of thioether (sulfide) groups is 1. The second-order valence-electron chi connectivity index (χ2n) is 7.42. The highest BCUT2D eigenvalue weighted by Crippen LogP contribution is 2.49. The maximum Gasteiger partial charge on any atom is 0.335 e. The topological polar surface area (TPSA) is 78.9 Å². The van der Waals surface area contributed by atoms with E-state index in [1.165, 1.54) is 0 Å². The van der Waals surface area contributed by atoms with Crippen molar-refractivity contribution >= 4 is 22.9 Å². The van der Waals surface area contributed by atoms with Crippen molar-refractivity contribution in [2.45, 2.75) is 31.5 Å². The average molecular weight is 420 g/mol. The minimum atomic E-state index is -0.951. The van der Waals surface area contributed by atoms with Crippen molar-refractivity contribution in [3.8, 4) is 11.3 Å². The van der Waals surface area contributed by atoms with E-state index < -0.39 is 5.97 Å². The van der Waals surface area contributed by atoms with Crippen molar-refractivity contribution in [2.24, 2.45) is 4.99 Å². The normalized spacial score (nSPS) is 22.8. The molecule has 30 heavy (non-hydrogen) atoms. The highest BCUT2D eigenvalue weighted by Gasteiger charge is 2.46. The van der Waals surface area contributed by atoms with Crippen LogP contribution in [0.2, 0.25) is 0 Å². The number of fused-ring (bicyclic) bond motifs is 1. The van der Waals surface area contributed by atoms with Crippen LogP contribution in [0.4, 0.5) is 0 Å². The molecule has 2 aliphatic heterocycles. The van der Waals surface area contributed by atoms with E-state index in [2.05, 4.69) is 16.8 Å². The van der Waals surface area contributed by atoms with E-state index in [0.717, 1.165) is 34.4 Å². The molecule has 0 amide bonds. The van der Waals surface area contributed by atoms with E-state index in [-0.39, 0.29) is 17.6 Å². The average Bonchev–Trinajstić information content (AvgIpc) is 3.49. The molecule has 1 saturated heterocycles. The third kappa shape index (κ3) is 3.19. The fourth-order valence-corrected chi connectivity index (χ4v) is 5.47. The Bertz CT molecular complexity index is 1110. The Morgan fingerprint density at radius 3 is 2.90 bits per heavy atom. The first-order valence-electron chi connectivity index (χ1n) is 9.99. The smallest absolute Gasteiger partial charge is 0.335 e. The van der Waals surface area contributed by atoms with Crippen molar-refractivity contribution < 1.29 is 14.3 Å². The Labute approximate surface area is 178 Å². The van der Waals surface area contributed by atoms with E-state index in [1.807, 2.05) is 36.4 Å². The Kier molecular flexibility index (Phi) is 4.83. The van der Waals surface area contributed by atoms with Crippen LogP contribution >= 0.6 is 11.8 Å². The number of carboxylic acid groups (broad SMARTS) is 1. The maximum absolute atomic E-state index is 11.3. The lowest BCUT2D eigenvalue weighted by molar-refractivity contribution is 0.0697. The second-order valence-corrected chi connectivity index (χ2v) is 8.41. The zero-order chi connectivity index (χ0) is 20.7. The number of pyridine rings is 1. The third-order valence-corrected chi connectivity index (χ3v) is 6.77. The monoisotopic (exact) mass is 419 g/mol. The standard InChI is InChI=1S/C23H21N3O3S/c1-2-16-13-30-23-25-20(17-8-3-4-11-24-17)21(26(16)23)19-10-9-18(29-19)14-6-5-7-15(12-14)22(27)28/h3-12,16,20-21H,2,13H2,1H3,(H,27,28)/t16-,20-,21-/m1/s1. The van der Waals surface area contributed by atoms with Gasteiger partial charge in [-0.1, -0.05) is 36.9 Å². The van der Waals surface area contributed by atoms with Gasteiger partial charge in [0, 0.05) is 23.6 Å². The first-order chi connectivity index (χ1) is 14.7.